The topological polar surface area (TPSA) is 93.2 Å². The third-order valence-corrected chi connectivity index (χ3v) is 5.17. The van der Waals surface area contributed by atoms with E-state index in [4.69, 9.17) is 0 Å². The van der Waals surface area contributed by atoms with Gasteiger partial charge in [-0.1, -0.05) is 11.3 Å². The predicted molar refractivity (Wildman–Crippen MR) is 94.5 cm³/mol. The number of methoxy groups -OCH3 is 1. The molecule has 1 fully saturated rings. The van der Waals surface area contributed by atoms with Crippen molar-refractivity contribution in [2.45, 2.75) is 31.7 Å². The van der Waals surface area contributed by atoms with Crippen LogP contribution in [0, 0.1) is 0 Å². The highest BCUT2D eigenvalue weighted by atomic mass is 35.5. The van der Waals surface area contributed by atoms with Gasteiger partial charge in [0.05, 0.1) is 7.11 Å². The van der Waals surface area contributed by atoms with E-state index < -0.39 is 0 Å². The van der Waals surface area contributed by atoms with E-state index in [1.165, 1.54) is 18.4 Å². The molecule has 0 aromatic carbocycles. The molecule has 2 rings (SSSR count). The molecule has 0 radical (unpaired) electrons. The first kappa shape index (κ1) is 20.1. The molecule has 1 aromatic heterocycles. The molecule has 7 nitrogen and oxygen atoms in total. The molecule has 23 heavy (non-hydrogen) atoms. The number of anilines is 1. The summed E-state index contributed by atoms with van der Waals surface area (Å²) in [6.45, 7) is 0.950. The largest absolute Gasteiger partial charge is 0.469 e. The van der Waals surface area contributed by atoms with Gasteiger partial charge in [-0.2, -0.15) is 11.8 Å². The van der Waals surface area contributed by atoms with Crippen LogP contribution in [0.3, 0.4) is 0 Å². The number of carbonyl (C=O) groups is 2. The highest BCUT2D eigenvalue weighted by Gasteiger charge is 2.17. The number of aryl methyl sites for hydroxylation is 1. The molecule has 0 spiro atoms. The van der Waals surface area contributed by atoms with E-state index in [1.54, 1.807) is 0 Å². The van der Waals surface area contributed by atoms with Gasteiger partial charge in [0.25, 0.3) is 0 Å². The van der Waals surface area contributed by atoms with Crippen molar-refractivity contribution in [3.63, 3.8) is 0 Å². The molecule has 2 N–H and O–H groups in total. The lowest BCUT2D eigenvalue weighted by Crippen LogP contribution is -2.39. The second-order valence-corrected chi connectivity index (χ2v) is 7.12. The number of halogens is 1. The maximum Gasteiger partial charge on any atom is 0.305 e. The van der Waals surface area contributed by atoms with Crippen LogP contribution in [0.5, 0.6) is 0 Å². The molecule has 10 heteroatoms. The molecule has 1 atom stereocenters. The van der Waals surface area contributed by atoms with E-state index in [9.17, 15) is 9.59 Å². The summed E-state index contributed by atoms with van der Waals surface area (Å²) in [4.78, 5) is 23.0. The van der Waals surface area contributed by atoms with Crippen molar-refractivity contribution in [1.29, 1.82) is 0 Å². The van der Waals surface area contributed by atoms with Gasteiger partial charge in [0, 0.05) is 43.4 Å². The second kappa shape index (κ2) is 10.8. The van der Waals surface area contributed by atoms with Crippen LogP contribution in [-0.4, -0.2) is 53.3 Å². The molecule has 0 bridgehead atoms. The van der Waals surface area contributed by atoms with Crippen molar-refractivity contribution < 1.29 is 14.3 Å². The van der Waals surface area contributed by atoms with Gasteiger partial charge in [-0.05, 0) is 6.42 Å². The van der Waals surface area contributed by atoms with Gasteiger partial charge < -0.3 is 15.4 Å². The monoisotopic (exact) mass is 380 g/mol. The normalized spacial score (nSPS) is 17.2. The minimum atomic E-state index is -0.226. The van der Waals surface area contributed by atoms with E-state index in [2.05, 4.69) is 25.6 Å². The third-order valence-electron chi connectivity index (χ3n) is 3.14. The molecule has 1 amide bonds. The number of rotatable bonds is 7. The van der Waals surface area contributed by atoms with Gasteiger partial charge in [-0.15, -0.1) is 22.6 Å². The summed E-state index contributed by atoms with van der Waals surface area (Å²) in [6, 6.07) is 0.228. The van der Waals surface area contributed by atoms with Crippen LogP contribution < -0.4 is 10.6 Å². The van der Waals surface area contributed by atoms with Crippen molar-refractivity contribution in [2.75, 3.05) is 30.5 Å². The van der Waals surface area contributed by atoms with Crippen LogP contribution >= 0.6 is 35.5 Å². The zero-order valence-electron chi connectivity index (χ0n) is 12.9. The Hall–Kier alpha value is -0.900. The van der Waals surface area contributed by atoms with Crippen molar-refractivity contribution >= 4 is 52.5 Å². The molecular weight excluding hydrogens is 360 g/mol. The van der Waals surface area contributed by atoms with E-state index >= 15 is 0 Å². The van der Waals surface area contributed by atoms with E-state index in [-0.39, 0.29) is 30.3 Å². The molecule has 2 heterocycles. The highest BCUT2D eigenvalue weighted by molar-refractivity contribution is 7.99. The summed E-state index contributed by atoms with van der Waals surface area (Å²) in [5.41, 5.74) is 0. The maximum atomic E-state index is 11.9. The quantitative estimate of drug-likeness (QED) is 0.692. The number of hydrogen-bond acceptors (Lipinski definition) is 8. The van der Waals surface area contributed by atoms with E-state index in [0.29, 0.717) is 30.8 Å². The highest BCUT2D eigenvalue weighted by Crippen LogP contribution is 2.18. The van der Waals surface area contributed by atoms with Crippen LogP contribution in [0.1, 0.15) is 24.3 Å². The minimum Gasteiger partial charge on any atom is -0.469 e. The SMILES string of the molecule is COC(=O)CCCc1nnc(NC(=O)CC2CSCCN2)s1.Cl. The fraction of sp³-hybridized carbons (Fsp3) is 0.692. The van der Waals surface area contributed by atoms with Gasteiger partial charge >= 0.3 is 5.97 Å². The molecule has 1 aliphatic rings. The summed E-state index contributed by atoms with van der Waals surface area (Å²) < 4.78 is 4.58. The van der Waals surface area contributed by atoms with Gasteiger partial charge in [-0.3, -0.25) is 9.59 Å². The fourth-order valence-electron chi connectivity index (χ4n) is 2.04. The number of ether oxygens (including phenoxy) is 1. The van der Waals surface area contributed by atoms with Gasteiger partial charge in [0.15, 0.2) is 0 Å². The van der Waals surface area contributed by atoms with Gasteiger partial charge in [0.1, 0.15) is 5.01 Å². The summed E-state index contributed by atoms with van der Waals surface area (Å²) in [7, 11) is 1.38. The average Bonchev–Trinajstić information content (AvgIpc) is 2.95. The Morgan fingerprint density at radius 3 is 2.96 bits per heavy atom. The number of nitrogens with zero attached hydrogens (tertiary/aromatic N) is 2. The zero-order valence-corrected chi connectivity index (χ0v) is 15.3. The summed E-state index contributed by atoms with van der Waals surface area (Å²) in [6.07, 6.45) is 2.13. The molecule has 130 valence electrons. The smallest absolute Gasteiger partial charge is 0.305 e. The number of hydrogen-bond donors (Lipinski definition) is 2. The number of amides is 1. The summed E-state index contributed by atoms with van der Waals surface area (Å²) in [5, 5.41) is 15.4. The first-order chi connectivity index (χ1) is 10.7. The van der Waals surface area contributed by atoms with Gasteiger partial charge in [0.2, 0.25) is 11.0 Å². The maximum absolute atomic E-state index is 11.9. The van der Waals surface area contributed by atoms with Crippen molar-refractivity contribution in [2.24, 2.45) is 0 Å². The minimum absolute atomic E-state index is 0. The van der Waals surface area contributed by atoms with Crippen molar-refractivity contribution in [3.8, 4) is 0 Å². The third kappa shape index (κ3) is 7.47. The van der Waals surface area contributed by atoms with Crippen LogP contribution in [0.25, 0.3) is 0 Å². The number of aromatic nitrogens is 2. The van der Waals surface area contributed by atoms with Gasteiger partial charge in [-0.25, -0.2) is 0 Å². The lowest BCUT2D eigenvalue weighted by Gasteiger charge is -2.22. The Morgan fingerprint density at radius 2 is 2.26 bits per heavy atom. The number of carbonyl (C=O) groups excluding carboxylic acids is 2. The standard InChI is InChI=1S/C13H20N4O3S2.ClH/c1-20-12(19)4-2-3-11-16-17-13(22-11)15-10(18)7-9-8-21-6-5-14-9;/h9,14H,2-8H2,1H3,(H,15,17,18);1H. The zero-order chi connectivity index (χ0) is 15.8. The van der Waals surface area contributed by atoms with Crippen LogP contribution in [-0.2, 0) is 20.7 Å². The molecule has 0 saturated carbocycles. The number of nitrogens with one attached hydrogen (secondary N) is 2. The predicted octanol–water partition coefficient (Wildman–Crippen LogP) is 1.49. The van der Waals surface area contributed by atoms with Crippen molar-refractivity contribution in [1.82, 2.24) is 15.5 Å². The number of esters is 1. The Morgan fingerprint density at radius 1 is 1.43 bits per heavy atom. The average molecular weight is 381 g/mol. The molecule has 1 aliphatic heterocycles. The Balaban J connectivity index is 0.00000264. The molecule has 0 aliphatic carbocycles. The number of thioether (sulfide) groups is 1. The summed E-state index contributed by atoms with van der Waals surface area (Å²) >= 11 is 3.21. The lowest BCUT2D eigenvalue weighted by atomic mass is 10.2. The Kier molecular flexibility index (Phi) is 9.46. The Labute approximate surface area is 149 Å². The van der Waals surface area contributed by atoms with E-state index in [1.807, 2.05) is 11.8 Å². The summed E-state index contributed by atoms with van der Waals surface area (Å²) in [5.74, 6) is 1.79. The Bertz CT molecular complexity index is 509. The second-order valence-electron chi connectivity index (χ2n) is 4.91. The first-order valence-corrected chi connectivity index (χ1v) is 9.14. The molecule has 1 saturated heterocycles. The molecular formula is C13H21ClN4O3S2. The van der Waals surface area contributed by atoms with Crippen LogP contribution in [0.2, 0.25) is 0 Å². The lowest BCUT2D eigenvalue weighted by molar-refractivity contribution is -0.140. The molecule has 1 unspecified atom stereocenters. The first-order valence-electron chi connectivity index (χ1n) is 7.17. The van der Waals surface area contributed by atoms with Crippen LogP contribution in [0.4, 0.5) is 5.13 Å². The van der Waals surface area contributed by atoms with Crippen LogP contribution in [0.15, 0.2) is 0 Å². The van der Waals surface area contributed by atoms with E-state index in [0.717, 1.165) is 23.1 Å². The van der Waals surface area contributed by atoms with Crippen molar-refractivity contribution in [3.05, 3.63) is 5.01 Å². The molecule has 1 aromatic rings. The fourth-order valence-corrected chi connectivity index (χ4v) is 3.78.